The van der Waals surface area contributed by atoms with Gasteiger partial charge in [-0.25, -0.2) is 9.18 Å². The Morgan fingerprint density at radius 2 is 1.91 bits per heavy atom. The van der Waals surface area contributed by atoms with Crippen LogP contribution in [0.4, 0.5) is 20.6 Å². The lowest BCUT2D eigenvalue weighted by atomic mass is 10.1. The largest absolute Gasteiger partial charge is 0.464 e. The average Bonchev–Trinajstić information content (AvgIpc) is 3.39. The van der Waals surface area contributed by atoms with Crippen LogP contribution in [0.25, 0.3) is 0 Å². The van der Waals surface area contributed by atoms with Crippen molar-refractivity contribution in [3.63, 3.8) is 0 Å². The summed E-state index contributed by atoms with van der Waals surface area (Å²) < 4.78 is 26.2. The molecule has 0 aliphatic carbocycles. The highest BCUT2D eigenvalue weighted by Crippen LogP contribution is 2.29. The van der Waals surface area contributed by atoms with Gasteiger partial charge in [-0.05, 0) is 43.7 Å². The summed E-state index contributed by atoms with van der Waals surface area (Å²) >= 11 is 0. The van der Waals surface area contributed by atoms with Crippen LogP contribution in [0.2, 0.25) is 0 Å². The maximum Gasteiger partial charge on any atom is 0.414 e. The molecule has 4 rings (SSSR count). The van der Waals surface area contributed by atoms with Crippen LogP contribution in [-0.4, -0.2) is 55.6 Å². The minimum absolute atomic E-state index is 0.0597. The molecule has 1 unspecified atom stereocenters. The van der Waals surface area contributed by atoms with Gasteiger partial charge in [0.25, 0.3) is 0 Å². The third kappa shape index (κ3) is 5.55. The van der Waals surface area contributed by atoms with Crippen LogP contribution in [-0.2, 0) is 16.1 Å². The Morgan fingerprint density at radius 1 is 1.15 bits per heavy atom. The fourth-order valence-corrected chi connectivity index (χ4v) is 4.32. The van der Waals surface area contributed by atoms with E-state index in [0.29, 0.717) is 49.8 Å². The Morgan fingerprint density at radius 3 is 2.55 bits per heavy atom. The van der Waals surface area contributed by atoms with Crippen LogP contribution in [0.5, 0.6) is 0 Å². The average molecular weight is 458 g/mol. The Bertz CT molecular complexity index is 997. The van der Waals surface area contributed by atoms with Gasteiger partial charge in [0.15, 0.2) is 0 Å². The number of furan rings is 1. The molecule has 2 aliphatic heterocycles. The van der Waals surface area contributed by atoms with Crippen molar-refractivity contribution in [2.24, 2.45) is 0 Å². The molecule has 33 heavy (non-hydrogen) atoms. The van der Waals surface area contributed by atoms with Crippen molar-refractivity contribution < 1.29 is 23.1 Å². The summed E-state index contributed by atoms with van der Waals surface area (Å²) in [5, 5.41) is 0. The van der Waals surface area contributed by atoms with E-state index in [9.17, 15) is 14.0 Å². The van der Waals surface area contributed by atoms with Gasteiger partial charge < -0.3 is 18.8 Å². The number of rotatable bonds is 8. The molecular formula is C25H32FN3O4. The smallest absolute Gasteiger partial charge is 0.414 e. The van der Waals surface area contributed by atoms with E-state index in [2.05, 4.69) is 18.7 Å². The predicted molar refractivity (Wildman–Crippen MR) is 124 cm³/mol. The number of anilines is 2. The number of hydrogen-bond acceptors (Lipinski definition) is 6. The number of cyclic esters (lactones) is 1. The molecule has 0 N–H and O–H groups in total. The maximum atomic E-state index is 15.0. The minimum Gasteiger partial charge on any atom is -0.464 e. The Kier molecular flexibility index (Phi) is 7.02. The molecule has 1 aromatic carbocycles. The summed E-state index contributed by atoms with van der Waals surface area (Å²) in [6.45, 7) is 9.88. The molecule has 2 aliphatic rings. The number of nitrogens with zero attached hydrogens (tertiary/aromatic N) is 3. The standard InChI is InChI=1S/C25H32FN3O4/c1-17(2)24-9-7-20(32-24)15-27-10-12-28(13-11-27)23-8-5-19(14-22(23)26)29-16-21(33-25(29)31)6-4-18(3)30/h5,7-9,14,17,21H,4,6,10-13,15-16H2,1-3H3. The molecular weight excluding hydrogens is 425 g/mol. The third-order valence-corrected chi connectivity index (χ3v) is 6.28. The molecule has 2 aromatic rings. The SMILES string of the molecule is CC(=O)CCC1CN(c2ccc(N3CCN(Cc4ccc(C(C)C)o4)CC3)c(F)c2)C(=O)O1. The molecule has 2 fully saturated rings. The van der Waals surface area contributed by atoms with Crippen LogP contribution < -0.4 is 9.80 Å². The fourth-order valence-electron chi connectivity index (χ4n) is 4.32. The minimum atomic E-state index is -0.497. The van der Waals surface area contributed by atoms with Crippen LogP contribution >= 0.6 is 0 Å². The maximum absolute atomic E-state index is 15.0. The zero-order chi connectivity index (χ0) is 23.5. The number of Topliss-reactive ketones (excluding diaryl/α,β-unsaturated/α-hetero) is 1. The number of halogens is 1. The van der Waals surface area contributed by atoms with Gasteiger partial charge in [-0.3, -0.25) is 9.80 Å². The second-order valence-corrected chi connectivity index (χ2v) is 9.21. The van der Waals surface area contributed by atoms with Crippen molar-refractivity contribution in [1.29, 1.82) is 0 Å². The van der Waals surface area contributed by atoms with E-state index in [1.54, 1.807) is 12.1 Å². The van der Waals surface area contributed by atoms with Gasteiger partial charge >= 0.3 is 6.09 Å². The number of ketones is 1. The van der Waals surface area contributed by atoms with E-state index in [4.69, 9.17) is 9.15 Å². The van der Waals surface area contributed by atoms with Gasteiger partial charge in [-0.2, -0.15) is 0 Å². The van der Waals surface area contributed by atoms with E-state index < -0.39 is 6.09 Å². The zero-order valence-corrected chi connectivity index (χ0v) is 19.6. The van der Waals surface area contributed by atoms with Crippen molar-refractivity contribution in [3.05, 3.63) is 47.7 Å². The summed E-state index contributed by atoms with van der Waals surface area (Å²) in [7, 11) is 0. The molecule has 2 saturated heterocycles. The Balaban J connectivity index is 1.33. The summed E-state index contributed by atoms with van der Waals surface area (Å²) in [6, 6.07) is 8.96. The molecule has 178 valence electrons. The number of piperazine rings is 1. The van der Waals surface area contributed by atoms with Crippen molar-refractivity contribution in [2.75, 3.05) is 42.5 Å². The van der Waals surface area contributed by atoms with Gasteiger partial charge in [0.1, 0.15) is 29.2 Å². The fraction of sp³-hybridized carbons (Fsp3) is 0.520. The van der Waals surface area contributed by atoms with Crippen molar-refractivity contribution in [2.45, 2.75) is 52.2 Å². The molecule has 0 saturated carbocycles. The summed E-state index contributed by atoms with van der Waals surface area (Å²) in [4.78, 5) is 29.2. The number of carbonyl (C=O) groups excluding carboxylic acids is 2. The second kappa shape index (κ2) is 9.95. The molecule has 3 heterocycles. The van der Waals surface area contributed by atoms with E-state index >= 15 is 0 Å². The molecule has 1 amide bonds. The second-order valence-electron chi connectivity index (χ2n) is 9.21. The van der Waals surface area contributed by atoms with Crippen LogP contribution in [0.15, 0.2) is 34.7 Å². The van der Waals surface area contributed by atoms with Gasteiger partial charge in [-0.1, -0.05) is 13.8 Å². The lowest BCUT2D eigenvalue weighted by molar-refractivity contribution is -0.117. The summed E-state index contributed by atoms with van der Waals surface area (Å²) in [5.41, 5.74) is 1.02. The topological polar surface area (TPSA) is 66.2 Å². The highest BCUT2D eigenvalue weighted by Gasteiger charge is 2.33. The summed E-state index contributed by atoms with van der Waals surface area (Å²) in [6.07, 6.45) is 0.00848. The van der Waals surface area contributed by atoms with E-state index in [1.165, 1.54) is 17.9 Å². The van der Waals surface area contributed by atoms with Crippen LogP contribution in [0, 0.1) is 5.82 Å². The van der Waals surface area contributed by atoms with Crippen LogP contribution in [0.3, 0.4) is 0 Å². The first-order chi connectivity index (χ1) is 15.8. The molecule has 8 heteroatoms. The highest BCUT2D eigenvalue weighted by molar-refractivity contribution is 5.90. The normalized spacial score (nSPS) is 19.4. The first kappa shape index (κ1) is 23.3. The third-order valence-electron chi connectivity index (χ3n) is 6.28. The molecule has 1 aromatic heterocycles. The molecule has 1 atom stereocenters. The van der Waals surface area contributed by atoms with E-state index in [-0.39, 0.29) is 17.7 Å². The molecule has 0 spiro atoms. The lowest BCUT2D eigenvalue weighted by Gasteiger charge is -2.36. The molecule has 0 radical (unpaired) electrons. The van der Waals surface area contributed by atoms with E-state index in [1.807, 2.05) is 17.0 Å². The quantitative estimate of drug-likeness (QED) is 0.579. The number of carbonyl (C=O) groups is 2. The monoisotopic (exact) mass is 457 g/mol. The van der Waals surface area contributed by atoms with Crippen molar-refractivity contribution in [3.8, 4) is 0 Å². The molecule has 0 bridgehead atoms. The van der Waals surface area contributed by atoms with Crippen molar-refractivity contribution >= 4 is 23.3 Å². The van der Waals surface area contributed by atoms with Gasteiger partial charge in [-0.15, -0.1) is 0 Å². The Labute approximate surface area is 194 Å². The summed E-state index contributed by atoms with van der Waals surface area (Å²) in [5.74, 6) is 2.04. The predicted octanol–water partition coefficient (Wildman–Crippen LogP) is 4.56. The van der Waals surface area contributed by atoms with Crippen molar-refractivity contribution in [1.82, 2.24) is 4.90 Å². The molecule has 7 nitrogen and oxygen atoms in total. The Hall–Kier alpha value is -2.87. The van der Waals surface area contributed by atoms with Crippen LogP contribution in [0.1, 0.15) is 51.1 Å². The number of benzene rings is 1. The number of ether oxygens (including phenoxy) is 1. The van der Waals surface area contributed by atoms with Gasteiger partial charge in [0.2, 0.25) is 0 Å². The van der Waals surface area contributed by atoms with Gasteiger partial charge in [0, 0.05) is 38.5 Å². The zero-order valence-electron chi connectivity index (χ0n) is 19.6. The van der Waals surface area contributed by atoms with Gasteiger partial charge in [0.05, 0.1) is 24.5 Å². The number of hydrogen-bond donors (Lipinski definition) is 0. The first-order valence-electron chi connectivity index (χ1n) is 11.6. The number of amides is 1. The highest BCUT2D eigenvalue weighted by atomic mass is 19.1. The first-order valence-corrected chi connectivity index (χ1v) is 11.6. The lowest BCUT2D eigenvalue weighted by Crippen LogP contribution is -2.46. The van der Waals surface area contributed by atoms with E-state index in [0.717, 1.165) is 31.2 Å².